The molecular weight excluding hydrogens is 324 g/mol. The van der Waals surface area contributed by atoms with Gasteiger partial charge in [0.15, 0.2) is 0 Å². The third-order valence-corrected chi connectivity index (χ3v) is 4.72. The zero-order valence-corrected chi connectivity index (χ0v) is 15.0. The Balaban J connectivity index is 0.00000208. The molecule has 2 N–H and O–H groups in total. The van der Waals surface area contributed by atoms with Crippen LogP contribution in [0.25, 0.3) is 0 Å². The van der Waals surface area contributed by atoms with Crippen molar-refractivity contribution in [2.75, 3.05) is 13.1 Å². The van der Waals surface area contributed by atoms with Crippen molar-refractivity contribution >= 4 is 18.3 Å². The number of aryl methyl sites for hydroxylation is 1. The number of carbonyl (C=O) groups excluding carboxylic acids is 1. The molecule has 1 aromatic carbocycles. The van der Waals surface area contributed by atoms with Crippen molar-refractivity contribution in [2.45, 2.75) is 38.3 Å². The van der Waals surface area contributed by atoms with E-state index in [0.29, 0.717) is 0 Å². The van der Waals surface area contributed by atoms with Crippen molar-refractivity contribution in [3.8, 4) is 0 Å². The van der Waals surface area contributed by atoms with Gasteiger partial charge in [-0.2, -0.15) is 5.10 Å². The highest BCUT2D eigenvalue weighted by Crippen LogP contribution is 2.28. The average Bonchev–Trinajstić information content (AvgIpc) is 3.11. The number of hydrogen-bond acceptors (Lipinski definition) is 3. The van der Waals surface area contributed by atoms with E-state index in [2.05, 4.69) is 46.9 Å². The van der Waals surface area contributed by atoms with Gasteiger partial charge in [0.25, 0.3) is 0 Å². The SMILES string of the molecule is Cc1ccc(C(C)NC(=O)C2(n3cccn3)CCNCC2)cc1.Cl. The molecule has 2 heterocycles. The Morgan fingerprint density at radius 1 is 1.29 bits per heavy atom. The van der Waals surface area contributed by atoms with Crippen molar-refractivity contribution < 1.29 is 4.79 Å². The number of benzene rings is 1. The molecule has 3 rings (SSSR count). The zero-order chi connectivity index (χ0) is 16.3. The lowest BCUT2D eigenvalue weighted by Gasteiger charge is -2.37. The van der Waals surface area contributed by atoms with E-state index in [1.165, 1.54) is 5.56 Å². The Kier molecular flexibility index (Phi) is 6.02. The van der Waals surface area contributed by atoms with Crippen LogP contribution >= 0.6 is 12.4 Å². The maximum Gasteiger partial charge on any atom is 0.248 e. The molecule has 0 saturated carbocycles. The molecule has 0 aliphatic carbocycles. The van der Waals surface area contributed by atoms with Crippen molar-refractivity contribution in [1.29, 1.82) is 0 Å². The Morgan fingerprint density at radius 2 is 1.96 bits per heavy atom. The Labute approximate surface area is 149 Å². The second kappa shape index (κ2) is 7.81. The van der Waals surface area contributed by atoms with E-state index in [4.69, 9.17) is 0 Å². The summed E-state index contributed by atoms with van der Waals surface area (Å²) in [6.07, 6.45) is 5.13. The third-order valence-electron chi connectivity index (χ3n) is 4.72. The molecule has 6 heteroatoms. The number of aromatic nitrogens is 2. The minimum atomic E-state index is -0.590. The first kappa shape index (κ1) is 18.5. The topological polar surface area (TPSA) is 59.0 Å². The fourth-order valence-corrected chi connectivity index (χ4v) is 3.19. The number of nitrogens with one attached hydrogen (secondary N) is 2. The molecule has 1 unspecified atom stereocenters. The van der Waals surface area contributed by atoms with Gasteiger partial charge < -0.3 is 10.6 Å². The number of piperidine rings is 1. The van der Waals surface area contributed by atoms with E-state index in [9.17, 15) is 4.79 Å². The van der Waals surface area contributed by atoms with Crippen molar-refractivity contribution in [3.63, 3.8) is 0 Å². The largest absolute Gasteiger partial charge is 0.347 e. The fourth-order valence-electron chi connectivity index (χ4n) is 3.19. The molecule has 0 bridgehead atoms. The van der Waals surface area contributed by atoms with Crippen molar-refractivity contribution in [2.24, 2.45) is 0 Å². The third kappa shape index (κ3) is 3.62. The summed E-state index contributed by atoms with van der Waals surface area (Å²) >= 11 is 0. The molecule has 2 aromatic rings. The summed E-state index contributed by atoms with van der Waals surface area (Å²) in [7, 11) is 0. The molecule has 1 atom stereocenters. The van der Waals surface area contributed by atoms with E-state index in [0.717, 1.165) is 31.5 Å². The quantitative estimate of drug-likeness (QED) is 0.892. The zero-order valence-electron chi connectivity index (χ0n) is 14.2. The lowest BCUT2D eigenvalue weighted by molar-refractivity contribution is -0.132. The molecule has 24 heavy (non-hydrogen) atoms. The first-order valence-electron chi connectivity index (χ1n) is 8.20. The smallest absolute Gasteiger partial charge is 0.248 e. The molecule has 1 amide bonds. The number of hydrogen-bond donors (Lipinski definition) is 2. The van der Waals surface area contributed by atoms with E-state index in [1.54, 1.807) is 6.20 Å². The van der Waals surface area contributed by atoms with Crippen LogP contribution in [-0.4, -0.2) is 28.8 Å². The summed E-state index contributed by atoms with van der Waals surface area (Å²) in [5, 5.41) is 10.9. The monoisotopic (exact) mass is 348 g/mol. The second-order valence-electron chi connectivity index (χ2n) is 6.34. The van der Waals surface area contributed by atoms with Crippen molar-refractivity contribution in [3.05, 3.63) is 53.9 Å². The number of amides is 1. The minimum absolute atomic E-state index is 0. The normalized spacial score (nSPS) is 17.6. The Hall–Kier alpha value is -1.85. The summed E-state index contributed by atoms with van der Waals surface area (Å²) in [5.41, 5.74) is 1.75. The van der Waals surface area contributed by atoms with Gasteiger partial charge in [-0.3, -0.25) is 9.48 Å². The van der Waals surface area contributed by atoms with Gasteiger partial charge in [0.2, 0.25) is 5.91 Å². The van der Waals surface area contributed by atoms with Crippen LogP contribution in [0.3, 0.4) is 0 Å². The van der Waals surface area contributed by atoms with Gasteiger partial charge in [-0.25, -0.2) is 0 Å². The minimum Gasteiger partial charge on any atom is -0.347 e. The predicted octanol–water partition coefficient (Wildman–Crippen LogP) is 2.57. The van der Waals surface area contributed by atoms with Crippen molar-refractivity contribution in [1.82, 2.24) is 20.4 Å². The Morgan fingerprint density at radius 3 is 2.54 bits per heavy atom. The van der Waals surface area contributed by atoms with Crippen LogP contribution in [0.4, 0.5) is 0 Å². The van der Waals surface area contributed by atoms with Gasteiger partial charge >= 0.3 is 0 Å². The number of carbonyl (C=O) groups is 1. The van der Waals surface area contributed by atoms with E-state index in [-0.39, 0.29) is 24.4 Å². The molecule has 1 aromatic heterocycles. The van der Waals surface area contributed by atoms with Crippen LogP contribution in [0.5, 0.6) is 0 Å². The maximum atomic E-state index is 13.1. The van der Waals surface area contributed by atoms with Gasteiger partial charge in [-0.1, -0.05) is 29.8 Å². The van der Waals surface area contributed by atoms with E-state index >= 15 is 0 Å². The standard InChI is InChI=1S/C18H24N4O.ClH/c1-14-4-6-16(7-5-14)15(2)21-17(23)18(8-11-19-12-9-18)22-13-3-10-20-22;/h3-7,10,13,15,19H,8-9,11-12H2,1-2H3,(H,21,23);1H. The molecule has 1 aliphatic rings. The summed E-state index contributed by atoms with van der Waals surface area (Å²) in [6.45, 7) is 5.74. The fraction of sp³-hybridized carbons (Fsp3) is 0.444. The number of rotatable bonds is 4. The molecule has 1 fully saturated rings. The summed E-state index contributed by atoms with van der Waals surface area (Å²) < 4.78 is 1.82. The van der Waals surface area contributed by atoms with Crippen LogP contribution in [0.15, 0.2) is 42.7 Å². The van der Waals surface area contributed by atoms with E-state index < -0.39 is 5.54 Å². The Bertz CT molecular complexity index is 648. The highest BCUT2D eigenvalue weighted by Gasteiger charge is 2.42. The molecular formula is C18H25ClN4O. The van der Waals surface area contributed by atoms with E-state index in [1.807, 2.05) is 23.9 Å². The first-order valence-corrected chi connectivity index (χ1v) is 8.20. The van der Waals surface area contributed by atoms with Crippen LogP contribution in [0.1, 0.15) is 36.9 Å². The van der Waals surface area contributed by atoms with Gasteiger partial charge in [0.05, 0.1) is 6.04 Å². The summed E-state index contributed by atoms with van der Waals surface area (Å²) in [4.78, 5) is 13.1. The van der Waals surface area contributed by atoms with Gasteiger partial charge in [0.1, 0.15) is 5.54 Å². The molecule has 1 saturated heterocycles. The van der Waals surface area contributed by atoms with Crippen LogP contribution in [0.2, 0.25) is 0 Å². The van der Waals surface area contributed by atoms with Gasteiger partial charge in [-0.05, 0) is 51.4 Å². The highest BCUT2D eigenvalue weighted by molar-refractivity contribution is 5.85. The lowest BCUT2D eigenvalue weighted by atomic mass is 9.87. The number of nitrogens with zero attached hydrogens (tertiary/aromatic N) is 2. The first-order chi connectivity index (χ1) is 11.1. The second-order valence-corrected chi connectivity index (χ2v) is 6.34. The van der Waals surface area contributed by atoms with Crippen LogP contribution in [0, 0.1) is 6.92 Å². The van der Waals surface area contributed by atoms with Gasteiger partial charge in [0, 0.05) is 12.4 Å². The molecule has 5 nitrogen and oxygen atoms in total. The van der Waals surface area contributed by atoms with Gasteiger partial charge in [-0.15, -0.1) is 12.4 Å². The molecule has 130 valence electrons. The predicted molar refractivity (Wildman–Crippen MR) is 97.3 cm³/mol. The maximum absolute atomic E-state index is 13.1. The average molecular weight is 349 g/mol. The van der Waals surface area contributed by atoms with Crippen LogP contribution < -0.4 is 10.6 Å². The summed E-state index contributed by atoms with van der Waals surface area (Å²) in [6, 6.07) is 10.1. The number of halogens is 1. The molecule has 1 aliphatic heterocycles. The molecule has 0 radical (unpaired) electrons. The molecule has 0 spiro atoms. The highest BCUT2D eigenvalue weighted by atomic mass is 35.5. The lowest BCUT2D eigenvalue weighted by Crippen LogP contribution is -2.55. The summed E-state index contributed by atoms with van der Waals surface area (Å²) in [5.74, 6) is 0.0516. The van der Waals surface area contributed by atoms with Crippen LogP contribution in [-0.2, 0) is 10.3 Å².